The zero-order valence-electron chi connectivity index (χ0n) is 12.0. The van der Waals surface area contributed by atoms with Gasteiger partial charge in [-0.25, -0.2) is 0 Å². The molecule has 2 rings (SSSR count). The van der Waals surface area contributed by atoms with Crippen molar-refractivity contribution < 1.29 is 9.59 Å². The molecule has 1 atom stereocenters. The number of hydrogen-bond acceptors (Lipinski definition) is 3. The predicted molar refractivity (Wildman–Crippen MR) is 83.4 cm³/mol. The van der Waals surface area contributed by atoms with Crippen LogP contribution in [0.1, 0.15) is 36.5 Å². The fraction of sp³-hybridized carbons (Fsp3) is 0.467. The topological polar surface area (TPSA) is 84.2 Å². The van der Waals surface area contributed by atoms with E-state index in [0.717, 1.165) is 25.8 Å². The monoisotopic (exact) mass is 309 g/mol. The molecule has 0 saturated carbocycles. The smallest absolute Gasteiger partial charge is 0.250 e. The molecule has 0 aliphatic carbocycles. The number of hydrogen-bond donors (Lipinski definition) is 3. The molecule has 4 N–H and O–H groups in total. The van der Waals surface area contributed by atoms with E-state index in [-0.39, 0.29) is 21.9 Å². The highest BCUT2D eigenvalue weighted by atomic mass is 35.5. The van der Waals surface area contributed by atoms with E-state index in [9.17, 15) is 9.59 Å². The number of nitrogens with two attached hydrogens (primary N) is 1. The highest BCUT2D eigenvalue weighted by Gasteiger charge is 2.40. The first kappa shape index (κ1) is 15.8. The maximum Gasteiger partial charge on any atom is 0.250 e. The predicted octanol–water partition coefficient (Wildman–Crippen LogP) is 2.16. The summed E-state index contributed by atoms with van der Waals surface area (Å²) in [7, 11) is 0. The van der Waals surface area contributed by atoms with E-state index in [1.165, 1.54) is 6.07 Å². The summed E-state index contributed by atoms with van der Waals surface area (Å²) in [6, 6.07) is 4.76. The van der Waals surface area contributed by atoms with E-state index in [1.54, 1.807) is 12.1 Å². The largest absolute Gasteiger partial charge is 0.366 e. The third kappa shape index (κ3) is 3.36. The highest BCUT2D eigenvalue weighted by molar-refractivity contribution is 6.34. The van der Waals surface area contributed by atoms with Crippen LogP contribution in [0.25, 0.3) is 0 Å². The molecule has 2 amide bonds. The quantitative estimate of drug-likeness (QED) is 0.779. The van der Waals surface area contributed by atoms with Crippen LogP contribution in [0.15, 0.2) is 18.2 Å². The lowest BCUT2D eigenvalue weighted by atomic mass is 9.81. The Morgan fingerprint density at radius 3 is 2.81 bits per heavy atom. The van der Waals surface area contributed by atoms with E-state index < -0.39 is 5.91 Å². The Morgan fingerprint density at radius 1 is 1.48 bits per heavy atom. The molecule has 6 heteroatoms. The summed E-state index contributed by atoms with van der Waals surface area (Å²) in [4.78, 5) is 23.9. The van der Waals surface area contributed by atoms with Crippen molar-refractivity contribution in [3.63, 3.8) is 0 Å². The first-order valence-corrected chi connectivity index (χ1v) is 7.48. The van der Waals surface area contributed by atoms with E-state index in [4.69, 9.17) is 17.3 Å². The lowest BCUT2D eigenvalue weighted by molar-refractivity contribution is -0.125. The van der Waals surface area contributed by atoms with Crippen molar-refractivity contribution in [3.8, 4) is 0 Å². The summed E-state index contributed by atoms with van der Waals surface area (Å²) in [5.74, 6) is -0.631. The third-order valence-corrected chi connectivity index (χ3v) is 4.27. The Bertz CT molecular complexity index is 554. The summed E-state index contributed by atoms with van der Waals surface area (Å²) in [5.41, 5.74) is 5.64. The second-order valence-electron chi connectivity index (χ2n) is 5.47. The van der Waals surface area contributed by atoms with Gasteiger partial charge in [0.05, 0.1) is 16.0 Å². The Balaban J connectivity index is 2.19. The summed E-state index contributed by atoms with van der Waals surface area (Å²) in [6.07, 6.45) is 2.60. The van der Waals surface area contributed by atoms with Crippen LogP contribution in [0.2, 0.25) is 5.02 Å². The van der Waals surface area contributed by atoms with Crippen molar-refractivity contribution in [1.29, 1.82) is 0 Å². The third-order valence-electron chi connectivity index (χ3n) is 3.94. The summed E-state index contributed by atoms with van der Waals surface area (Å²) >= 11 is 5.91. The van der Waals surface area contributed by atoms with Gasteiger partial charge >= 0.3 is 0 Å². The minimum atomic E-state index is -0.609. The minimum absolute atomic E-state index is 0.0212. The van der Waals surface area contributed by atoms with Crippen molar-refractivity contribution in [2.45, 2.75) is 26.2 Å². The van der Waals surface area contributed by atoms with Crippen LogP contribution in [0.3, 0.4) is 0 Å². The van der Waals surface area contributed by atoms with Gasteiger partial charge in [-0.05, 0) is 37.6 Å². The molecule has 0 bridgehead atoms. The van der Waals surface area contributed by atoms with E-state index in [2.05, 4.69) is 17.6 Å². The van der Waals surface area contributed by atoms with Crippen molar-refractivity contribution in [1.82, 2.24) is 5.32 Å². The molecule has 5 nitrogen and oxygen atoms in total. The molecule has 1 saturated heterocycles. The van der Waals surface area contributed by atoms with Crippen molar-refractivity contribution in [2.24, 2.45) is 11.1 Å². The first-order valence-electron chi connectivity index (χ1n) is 7.10. The Hall–Kier alpha value is -1.59. The number of carbonyl (C=O) groups is 2. The lowest BCUT2D eigenvalue weighted by Crippen LogP contribution is -2.38. The molecule has 1 aromatic carbocycles. The van der Waals surface area contributed by atoms with Crippen LogP contribution in [0.5, 0.6) is 0 Å². The van der Waals surface area contributed by atoms with Crippen LogP contribution in [-0.2, 0) is 4.79 Å². The molecule has 1 heterocycles. The van der Waals surface area contributed by atoms with Crippen molar-refractivity contribution in [3.05, 3.63) is 28.8 Å². The fourth-order valence-electron chi connectivity index (χ4n) is 2.80. The number of primary amides is 1. The standard InChI is InChI=1S/C15H20ClN3O2/c1-2-5-15(6-7-18-9-15)14(21)19-10-3-4-12(16)11(8-10)13(17)20/h3-4,8,18H,2,5-7,9H2,1H3,(H2,17,20)(H,19,21). The molecular formula is C15H20ClN3O2. The van der Waals surface area contributed by atoms with Crippen LogP contribution in [0, 0.1) is 5.41 Å². The molecule has 1 aromatic rings. The molecular weight excluding hydrogens is 290 g/mol. The second-order valence-corrected chi connectivity index (χ2v) is 5.88. The van der Waals surface area contributed by atoms with Gasteiger partial charge in [0.15, 0.2) is 0 Å². The molecule has 1 unspecified atom stereocenters. The van der Waals surface area contributed by atoms with Gasteiger partial charge in [-0.2, -0.15) is 0 Å². The zero-order chi connectivity index (χ0) is 15.5. The molecule has 1 aliphatic heterocycles. The number of nitrogens with one attached hydrogen (secondary N) is 2. The van der Waals surface area contributed by atoms with Gasteiger partial charge < -0.3 is 16.4 Å². The molecule has 1 fully saturated rings. The van der Waals surface area contributed by atoms with Crippen LogP contribution in [0.4, 0.5) is 5.69 Å². The minimum Gasteiger partial charge on any atom is -0.366 e. The Morgan fingerprint density at radius 2 is 2.24 bits per heavy atom. The Labute approximate surface area is 129 Å². The molecule has 1 aliphatic rings. The summed E-state index contributed by atoms with van der Waals surface area (Å²) < 4.78 is 0. The number of benzene rings is 1. The molecule has 0 aromatic heterocycles. The van der Waals surface area contributed by atoms with Gasteiger partial charge in [0.2, 0.25) is 11.8 Å². The van der Waals surface area contributed by atoms with Crippen molar-refractivity contribution >= 4 is 29.1 Å². The second kappa shape index (κ2) is 6.45. The first-order chi connectivity index (χ1) is 9.98. The SMILES string of the molecule is CCCC1(C(=O)Nc2ccc(Cl)c(C(N)=O)c2)CCNC1. The maximum absolute atomic E-state index is 12.6. The van der Waals surface area contributed by atoms with E-state index in [0.29, 0.717) is 12.2 Å². The summed E-state index contributed by atoms with van der Waals surface area (Å²) in [6.45, 7) is 3.60. The van der Waals surface area contributed by atoms with Crippen LogP contribution in [-0.4, -0.2) is 24.9 Å². The van der Waals surface area contributed by atoms with Crippen LogP contribution >= 0.6 is 11.6 Å². The average molecular weight is 310 g/mol. The van der Waals surface area contributed by atoms with Crippen molar-refractivity contribution in [2.75, 3.05) is 18.4 Å². The van der Waals surface area contributed by atoms with Gasteiger partial charge in [0.25, 0.3) is 0 Å². The fourth-order valence-corrected chi connectivity index (χ4v) is 3.01. The number of anilines is 1. The number of amides is 2. The van der Waals surface area contributed by atoms with Gasteiger partial charge in [-0.15, -0.1) is 0 Å². The van der Waals surface area contributed by atoms with Crippen LogP contribution < -0.4 is 16.4 Å². The van der Waals surface area contributed by atoms with E-state index in [1.807, 2.05) is 0 Å². The number of halogens is 1. The summed E-state index contributed by atoms with van der Waals surface area (Å²) in [5, 5.41) is 6.42. The van der Waals surface area contributed by atoms with Gasteiger partial charge in [0, 0.05) is 12.2 Å². The van der Waals surface area contributed by atoms with Gasteiger partial charge in [-0.3, -0.25) is 9.59 Å². The van der Waals surface area contributed by atoms with Gasteiger partial charge in [0.1, 0.15) is 0 Å². The maximum atomic E-state index is 12.6. The molecule has 21 heavy (non-hydrogen) atoms. The number of carbonyl (C=O) groups excluding carboxylic acids is 2. The normalized spacial score (nSPS) is 21.2. The average Bonchev–Trinajstić information content (AvgIpc) is 2.91. The van der Waals surface area contributed by atoms with Gasteiger partial charge in [-0.1, -0.05) is 24.9 Å². The Kier molecular flexibility index (Phi) is 4.85. The zero-order valence-corrected chi connectivity index (χ0v) is 12.8. The highest BCUT2D eigenvalue weighted by Crippen LogP contribution is 2.33. The molecule has 0 spiro atoms. The number of rotatable bonds is 5. The van der Waals surface area contributed by atoms with E-state index >= 15 is 0 Å². The lowest BCUT2D eigenvalue weighted by Gasteiger charge is -2.26. The molecule has 0 radical (unpaired) electrons. The molecule has 114 valence electrons.